The Balaban J connectivity index is 1.43. The van der Waals surface area contributed by atoms with Gasteiger partial charge in [0.05, 0.1) is 0 Å². The average molecular weight is 441 g/mol. The Bertz CT molecular complexity index is 1220. The van der Waals surface area contributed by atoms with E-state index in [4.69, 9.17) is 32.4 Å². The summed E-state index contributed by atoms with van der Waals surface area (Å²) in [5, 5.41) is 4.07. The topological polar surface area (TPSA) is 64.4 Å². The predicted octanol–water partition coefficient (Wildman–Crippen LogP) is 6.52. The first-order valence-electron chi connectivity index (χ1n) is 9.29. The van der Waals surface area contributed by atoms with Gasteiger partial charge in [-0.05, 0) is 80.1 Å². The van der Waals surface area contributed by atoms with Gasteiger partial charge in [0.25, 0.3) is 5.91 Å². The van der Waals surface area contributed by atoms with Crippen molar-refractivity contribution in [2.45, 2.75) is 20.0 Å². The summed E-state index contributed by atoms with van der Waals surface area (Å²) in [6.07, 6.45) is -0.675. The molecule has 0 radical (unpaired) electrons. The van der Waals surface area contributed by atoms with Crippen molar-refractivity contribution >= 4 is 45.9 Å². The number of carbonyl (C=O) groups is 1. The van der Waals surface area contributed by atoms with Crippen LogP contribution in [0.4, 0.5) is 5.69 Å². The SMILES string of the molecule is Cc1cc(Cl)ccc1OC(C)C(=O)Nc1ccc(-c2nc3cc(Cl)ccc3o2)cc1. The fraction of sp³-hybridized carbons (Fsp3) is 0.130. The number of carbonyl (C=O) groups excluding carboxylic acids is 1. The van der Waals surface area contributed by atoms with Crippen molar-refractivity contribution in [3.05, 3.63) is 76.3 Å². The van der Waals surface area contributed by atoms with Gasteiger partial charge in [0.15, 0.2) is 11.7 Å². The van der Waals surface area contributed by atoms with Gasteiger partial charge in [-0.1, -0.05) is 23.2 Å². The van der Waals surface area contributed by atoms with Crippen molar-refractivity contribution < 1.29 is 13.9 Å². The number of fused-ring (bicyclic) bond motifs is 1. The van der Waals surface area contributed by atoms with Gasteiger partial charge in [-0.3, -0.25) is 4.79 Å². The molecule has 0 saturated heterocycles. The Morgan fingerprint density at radius 2 is 1.73 bits per heavy atom. The standard InChI is InChI=1S/C23H18Cl2N2O3/c1-13-11-16(24)5-9-20(13)29-14(2)22(28)26-18-7-3-15(4-8-18)23-27-19-12-17(25)6-10-21(19)30-23/h3-12,14H,1-2H3,(H,26,28). The van der Waals surface area contributed by atoms with Crippen molar-refractivity contribution in [3.8, 4) is 17.2 Å². The molecular weight excluding hydrogens is 423 g/mol. The number of hydrogen-bond donors (Lipinski definition) is 1. The summed E-state index contributed by atoms with van der Waals surface area (Å²) in [5.74, 6) is 0.849. The third-order valence-corrected chi connectivity index (χ3v) is 5.03. The van der Waals surface area contributed by atoms with Gasteiger partial charge in [0, 0.05) is 21.3 Å². The highest BCUT2D eigenvalue weighted by Gasteiger charge is 2.16. The smallest absolute Gasteiger partial charge is 0.265 e. The molecule has 7 heteroatoms. The van der Waals surface area contributed by atoms with Crippen LogP contribution in [0, 0.1) is 6.92 Å². The van der Waals surface area contributed by atoms with Gasteiger partial charge in [0.2, 0.25) is 5.89 Å². The summed E-state index contributed by atoms with van der Waals surface area (Å²) in [5.41, 5.74) is 3.66. The summed E-state index contributed by atoms with van der Waals surface area (Å²) in [6, 6.07) is 17.8. The minimum Gasteiger partial charge on any atom is -0.481 e. The molecule has 0 aliphatic carbocycles. The van der Waals surface area contributed by atoms with Crippen LogP contribution in [0.1, 0.15) is 12.5 Å². The Morgan fingerprint density at radius 1 is 1.03 bits per heavy atom. The highest BCUT2D eigenvalue weighted by molar-refractivity contribution is 6.31. The molecule has 0 aliphatic rings. The second-order valence-corrected chi connectivity index (χ2v) is 7.74. The van der Waals surface area contributed by atoms with Crippen molar-refractivity contribution in [3.63, 3.8) is 0 Å². The lowest BCUT2D eigenvalue weighted by Crippen LogP contribution is -2.30. The van der Waals surface area contributed by atoms with E-state index >= 15 is 0 Å². The Labute approximate surface area is 183 Å². The van der Waals surface area contributed by atoms with Crippen LogP contribution in [0.15, 0.2) is 65.1 Å². The van der Waals surface area contributed by atoms with Crippen LogP contribution in [0.2, 0.25) is 10.0 Å². The molecule has 0 spiro atoms. The van der Waals surface area contributed by atoms with E-state index in [1.165, 1.54) is 0 Å². The molecule has 4 rings (SSSR count). The van der Waals surface area contributed by atoms with Crippen molar-refractivity contribution in [1.29, 1.82) is 0 Å². The molecule has 0 saturated carbocycles. The summed E-state index contributed by atoms with van der Waals surface area (Å²) in [6.45, 7) is 3.58. The van der Waals surface area contributed by atoms with E-state index in [-0.39, 0.29) is 5.91 Å². The average Bonchev–Trinajstić information content (AvgIpc) is 3.13. The van der Waals surface area contributed by atoms with E-state index < -0.39 is 6.10 Å². The fourth-order valence-electron chi connectivity index (χ4n) is 2.95. The van der Waals surface area contributed by atoms with Crippen LogP contribution in [0.5, 0.6) is 5.75 Å². The minimum atomic E-state index is -0.675. The number of amides is 1. The third kappa shape index (κ3) is 4.42. The summed E-state index contributed by atoms with van der Waals surface area (Å²) < 4.78 is 11.5. The van der Waals surface area contributed by atoms with Crippen molar-refractivity contribution in [2.24, 2.45) is 0 Å². The lowest BCUT2D eigenvalue weighted by atomic mass is 10.2. The number of benzene rings is 3. The van der Waals surface area contributed by atoms with E-state index in [0.29, 0.717) is 38.5 Å². The van der Waals surface area contributed by atoms with Crippen molar-refractivity contribution in [2.75, 3.05) is 5.32 Å². The lowest BCUT2D eigenvalue weighted by Gasteiger charge is -2.16. The van der Waals surface area contributed by atoms with Gasteiger partial charge in [-0.25, -0.2) is 4.98 Å². The molecule has 1 atom stereocenters. The third-order valence-electron chi connectivity index (χ3n) is 4.56. The minimum absolute atomic E-state index is 0.256. The van der Waals surface area contributed by atoms with Gasteiger partial charge in [-0.2, -0.15) is 0 Å². The highest BCUT2D eigenvalue weighted by atomic mass is 35.5. The molecular formula is C23H18Cl2N2O3. The maximum Gasteiger partial charge on any atom is 0.265 e. The predicted molar refractivity (Wildman–Crippen MR) is 119 cm³/mol. The zero-order chi connectivity index (χ0) is 21.3. The first-order chi connectivity index (χ1) is 14.4. The quantitative estimate of drug-likeness (QED) is 0.383. The first-order valence-corrected chi connectivity index (χ1v) is 10.0. The molecule has 3 aromatic carbocycles. The molecule has 30 heavy (non-hydrogen) atoms. The number of nitrogens with zero attached hydrogens (tertiary/aromatic N) is 1. The number of aryl methyl sites for hydroxylation is 1. The molecule has 1 amide bonds. The van der Waals surface area contributed by atoms with E-state index in [0.717, 1.165) is 11.1 Å². The largest absolute Gasteiger partial charge is 0.481 e. The number of rotatable bonds is 5. The van der Waals surface area contributed by atoms with E-state index in [2.05, 4.69) is 10.3 Å². The molecule has 152 valence electrons. The fourth-order valence-corrected chi connectivity index (χ4v) is 3.35. The number of hydrogen-bond acceptors (Lipinski definition) is 4. The second-order valence-electron chi connectivity index (χ2n) is 6.87. The highest BCUT2D eigenvalue weighted by Crippen LogP contribution is 2.27. The van der Waals surface area contributed by atoms with Gasteiger partial charge in [0.1, 0.15) is 11.3 Å². The number of anilines is 1. The lowest BCUT2D eigenvalue weighted by molar-refractivity contribution is -0.122. The van der Waals surface area contributed by atoms with Crippen LogP contribution >= 0.6 is 23.2 Å². The van der Waals surface area contributed by atoms with Crippen LogP contribution < -0.4 is 10.1 Å². The van der Waals surface area contributed by atoms with Crippen LogP contribution in [-0.4, -0.2) is 17.0 Å². The van der Waals surface area contributed by atoms with Gasteiger partial charge < -0.3 is 14.5 Å². The molecule has 5 nitrogen and oxygen atoms in total. The molecule has 0 aliphatic heterocycles. The van der Waals surface area contributed by atoms with Crippen LogP contribution in [0.25, 0.3) is 22.6 Å². The molecule has 4 aromatic rings. The second kappa shape index (κ2) is 8.38. The Kier molecular flexibility index (Phi) is 5.66. The molecule has 1 aromatic heterocycles. The Morgan fingerprint density at radius 3 is 2.47 bits per heavy atom. The molecule has 1 unspecified atom stereocenters. The number of nitrogens with one attached hydrogen (secondary N) is 1. The maximum atomic E-state index is 12.5. The summed E-state index contributed by atoms with van der Waals surface area (Å²) >= 11 is 12.0. The van der Waals surface area contributed by atoms with E-state index in [1.807, 2.05) is 19.1 Å². The maximum absolute atomic E-state index is 12.5. The summed E-state index contributed by atoms with van der Waals surface area (Å²) in [7, 11) is 0. The monoisotopic (exact) mass is 440 g/mol. The zero-order valence-corrected chi connectivity index (χ0v) is 17.8. The molecule has 1 heterocycles. The number of halogens is 2. The Hall–Kier alpha value is -3.02. The number of ether oxygens (including phenoxy) is 1. The zero-order valence-electron chi connectivity index (χ0n) is 16.3. The van der Waals surface area contributed by atoms with E-state index in [1.54, 1.807) is 55.5 Å². The van der Waals surface area contributed by atoms with Gasteiger partial charge >= 0.3 is 0 Å². The molecule has 0 fully saturated rings. The van der Waals surface area contributed by atoms with Crippen LogP contribution in [-0.2, 0) is 4.79 Å². The number of oxazole rings is 1. The van der Waals surface area contributed by atoms with Crippen LogP contribution in [0.3, 0.4) is 0 Å². The van der Waals surface area contributed by atoms with Crippen molar-refractivity contribution in [1.82, 2.24) is 4.98 Å². The summed E-state index contributed by atoms with van der Waals surface area (Å²) in [4.78, 5) is 16.9. The number of aromatic nitrogens is 1. The normalized spacial score (nSPS) is 12.0. The van der Waals surface area contributed by atoms with Gasteiger partial charge in [-0.15, -0.1) is 0 Å². The van der Waals surface area contributed by atoms with E-state index in [9.17, 15) is 4.79 Å². The first kappa shape index (κ1) is 20.3. The molecule has 1 N–H and O–H groups in total. The molecule has 0 bridgehead atoms.